The third-order valence-corrected chi connectivity index (χ3v) is 3.65. The van der Waals surface area contributed by atoms with Crippen LogP contribution in [0.1, 0.15) is 6.42 Å². The summed E-state index contributed by atoms with van der Waals surface area (Å²) in [6.45, 7) is 1.17. The summed E-state index contributed by atoms with van der Waals surface area (Å²) in [7, 11) is 0. The van der Waals surface area contributed by atoms with Gasteiger partial charge in [-0.15, -0.1) is 11.8 Å². The molecule has 106 valence electrons. The van der Waals surface area contributed by atoms with Crippen molar-refractivity contribution in [1.29, 1.82) is 0 Å². The van der Waals surface area contributed by atoms with Crippen LogP contribution in [-0.4, -0.2) is 17.4 Å². The SMILES string of the molecule is CSc1ccccc1OCCCn1cc(N)ccc1=O. The molecule has 0 atom stereocenters. The highest BCUT2D eigenvalue weighted by Gasteiger charge is 2.01. The summed E-state index contributed by atoms with van der Waals surface area (Å²) in [5.41, 5.74) is 6.22. The second-order valence-corrected chi connectivity index (χ2v) is 5.20. The van der Waals surface area contributed by atoms with Crippen LogP contribution < -0.4 is 16.0 Å². The minimum absolute atomic E-state index is 0.0382. The van der Waals surface area contributed by atoms with Crippen molar-refractivity contribution in [3.63, 3.8) is 0 Å². The van der Waals surface area contributed by atoms with Crippen LogP contribution in [0.2, 0.25) is 0 Å². The van der Waals surface area contributed by atoms with Crippen LogP contribution in [0.15, 0.2) is 52.3 Å². The van der Waals surface area contributed by atoms with Crippen LogP contribution in [0, 0.1) is 0 Å². The maximum atomic E-state index is 11.6. The van der Waals surface area contributed by atoms with Crippen molar-refractivity contribution in [1.82, 2.24) is 4.57 Å². The Morgan fingerprint density at radius 2 is 2.05 bits per heavy atom. The van der Waals surface area contributed by atoms with Gasteiger partial charge in [-0.2, -0.15) is 0 Å². The molecule has 2 N–H and O–H groups in total. The molecule has 2 aromatic rings. The standard InChI is InChI=1S/C15H18N2O2S/c1-20-14-6-3-2-5-13(14)19-10-4-9-17-11-12(16)7-8-15(17)18/h2-3,5-8,11H,4,9-10,16H2,1H3. The van der Waals surface area contributed by atoms with Gasteiger partial charge in [0, 0.05) is 29.4 Å². The number of aromatic nitrogens is 1. The molecule has 5 heteroatoms. The molecule has 0 radical (unpaired) electrons. The van der Waals surface area contributed by atoms with Gasteiger partial charge >= 0.3 is 0 Å². The van der Waals surface area contributed by atoms with Gasteiger partial charge in [-0.25, -0.2) is 0 Å². The van der Waals surface area contributed by atoms with Crippen molar-refractivity contribution in [3.05, 3.63) is 52.9 Å². The van der Waals surface area contributed by atoms with Crippen molar-refractivity contribution in [2.75, 3.05) is 18.6 Å². The zero-order valence-electron chi connectivity index (χ0n) is 11.4. The first-order valence-corrected chi connectivity index (χ1v) is 7.65. The minimum atomic E-state index is -0.0382. The average Bonchev–Trinajstić information content (AvgIpc) is 2.47. The van der Waals surface area contributed by atoms with Gasteiger partial charge in [-0.3, -0.25) is 4.79 Å². The van der Waals surface area contributed by atoms with Gasteiger partial charge in [0.25, 0.3) is 5.56 Å². The lowest BCUT2D eigenvalue weighted by Crippen LogP contribution is -2.20. The Balaban J connectivity index is 1.87. The van der Waals surface area contributed by atoms with E-state index in [2.05, 4.69) is 0 Å². The number of nitrogens with zero attached hydrogens (tertiary/aromatic N) is 1. The van der Waals surface area contributed by atoms with E-state index in [4.69, 9.17) is 10.5 Å². The Bertz CT molecular complexity index is 625. The number of nitrogen functional groups attached to an aromatic ring is 1. The summed E-state index contributed by atoms with van der Waals surface area (Å²) in [5, 5.41) is 0. The molecule has 2 rings (SSSR count). The highest BCUT2D eigenvalue weighted by Crippen LogP contribution is 2.26. The van der Waals surface area contributed by atoms with Gasteiger partial charge in [-0.05, 0) is 30.9 Å². The first kappa shape index (κ1) is 14.5. The normalized spacial score (nSPS) is 10.4. The Hall–Kier alpha value is -1.88. The summed E-state index contributed by atoms with van der Waals surface area (Å²) in [5.74, 6) is 0.889. The van der Waals surface area contributed by atoms with Gasteiger partial charge in [0.15, 0.2) is 0 Å². The largest absolute Gasteiger partial charge is 0.492 e. The van der Waals surface area contributed by atoms with E-state index in [1.54, 1.807) is 28.6 Å². The number of hydrogen-bond acceptors (Lipinski definition) is 4. The molecule has 1 heterocycles. The first-order valence-electron chi connectivity index (χ1n) is 6.42. The zero-order valence-corrected chi connectivity index (χ0v) is 12.2. The number of ether oxygens (including phenoxy) is 1. The molecule has 0 spiro atoms. The van der Waals surface area contributed by atoms with Crippen LogP contribution in [0.25, 0.3) is 0 Å². The molecule has 0 fully saturated rings. The molecule has 4 nitrogen and oxygen atoms in total. The number of nitrogens with two attached hydrogens (primary N) is 1. The van der Waals surface area contributed by atoms with E-state index >= 15 is 0 Å². The van der Waals surface area contributed by atoms with Crippen molar-refractivity contribution in [2.24, 2.45) is 0 Å². The summed E-state index contributed by atoms with van der Waals surface area (Å²) < 4.78 is 7.36. The van der Waals surface area contributed by atoms with Gasteiger partial charge in [0.05, 0.1) is 6.61 Å². The molecule has 0 bridgehead atoms. The molecule has 0 saturated heterocycles. The number of rotatable bonds is 6. The number of para-hydroxylation sites is 1. The van der Waals surface area contributed by atoms with Crippen molar-refractivity contribution in [2.45, 2.75) is 17.9 Å². The lowest BCUT2D eigenvalue weighted by molar-refractivity contribution is 0.294. The number of hydrogen-bond donors (Lipinski definition) is 1. The lowest BCUT2D eigenvalue weighted by atomic mass is 10.3. The van der Waals surface area contributed by atoms with E-state index < -0.39 is 0 Å². The van der Waals surface area contributed by atoms with E-state index in [9.17, 15) is 4.79 Å². The molecule has 0 aliphatic heterocycles. The van der Waals surface area contributed by atoms with Crippen LogP contribution in [-0.2, 0) is 6.54 Å². The minimum Gasteiger partial charge on any atom is -0.492 e. The zero-order chi connectivity index (χ0) is 14.4. The van der Waals surface area contributed by atoms with Crippen molar-refractivity contribution < 1.29 is 4.74 Å². The Labute approximate surface area is 122 Å². The van der Waals surface area contributed by atoms with E-state index in [1.165, 1.54) is 6.07 Å². The number of thioether (sulfide) groups is 1. The summed E-state index contributed by atoms with van der Waals surface area (Å²) in [6.07, 6.45) is 4.44. The van der Waals surface area contributed by atoms with Crippen molar-refractivity contribution >= 4 is 17.4 Å². The number of pyridine rings is 1. The van der Waals surface area contributed by atoms with Gasteiger partial charge < -0.3 is 15.0 Å². The molecule has 1 aromatic heterocycles. The van der Waals surface area contributed by atoms with Crippen LogP contribution >= 0.6 is 11.8 Å². The fraction of sp³-hybridized carbons (Fsp3) is 0.267. The molecule has 0 aliphatic carbocycles. The third kappa shape index (κ3) is 3.81. The van der Waals surface area contributed by atoms with Crippen LogP contribution in [0.5, 0.6) is 5.75 Å². The monoisotopic (exact) mass is 290 g/mol. The molecular formula is C15H18N2O2S. The van der Waals surface area contributed by atoms with Crippen LogP contribution in [0.4, 0.5) is 5.69 Å². The van der Waals surface area contributed by atoms with Gasteiger partial charge in [0.1, 0.15) is 5.75 Å². The van der Waals surface area contributed by atoms with E-state index in [0.717, 1.165) is 17.1 Å². The fourth-order valence-electron chi connectivity index (χ4n) is 1.88. The Kier molecular flexibility index (Phi) is 5.12. The lowest BCUT2D eigenvalue weighted by Gasteiger charge is -2.10. The average molecular weight is 290 g/mol. The second kappa shape index (κ2) is 7.05. The maximum absolute atomic E-state index is 11.6. The second-order valence-electron chi connectivity index (χ2n) is 4.35. The highest BCUT2D eigenvalue weighted by atomic mass is 32.2. The van der Waals surface area contributed by atoms with E-state index in [-0.39, 0.29) is 5.56 Å². The Morgan fingerprint density at radius 1 is 1.25 bits per heavy atom. The first-order chi connectivity index (χ1) is 9.70. The number of benzene rings is 1. The highest BCUT2D eigenvalue weighted by molar-refractivity contribution is 7.98. The molecule has 20 heavy (non-hydrogen) atoms. The van der Waals surface area contributed by atoms with Gasteiger partial charge in [0.2, 0.25) is 0 Å². The topological polar surface area (TPSA) is 57.2 Å². The molecule has 0 amide bonds. The quantitative estimate of drug-likeness (QED) is 0.656. The molecule has 0 unspecified atom stereocenters. The Morgan fingerprint density at radius 3 is 2.85 bits per heavy atom. The summed E-state index contributed by atoms with van der Waals surface area (Å²) >= 11 is 1.66. The third-order valence-electron chi connectivity index (χ3n) is 2.88. The van der Waals surface area contributed by atoms with E-state index in [0.29, 0.717) is 18.8 Å². The number of anilines is 1. The summed E-state index contributed by atoms with van der Waals surface area (Å²) in [6, 6.07) is 11.0. The molecular weight excluding hydrogens is 272 g/mol. The molecule has 0 aliphatic rings. The van der Waals surface area contributed by atoms with Crippen molar-refractivity contribution in [3.8, 4) is 5.75 Å². The predicted octanol–water partition coefficient (Wildman–Crippen LogP) is 2.62. The fourth-order valence-corrected chi connectivity index (χ4v) is 2.42. The smallest absolute Gasteiger partial charge is 0.250 e. The number of aryl methyl sites for hydroxylation is 1. The van der Waals surface area contributed by atoms with Crippen LogP contribution in [0.3, 0.4) is 0 Å². The molecule has 1 aromatic carbocycles. The van der Waals surface area contributed by atoms with E-state index in [1.807, 2.05) is 30.5 Å². The maximum Gasteiger partial charge on any atom is 0.250 e. The summed E-state index contributed by atoms with van der Waals surface area (Å²) in [4.78, 5) is 12.7. The molecule has 0 saturated carbocycles. The van der Waals surface area contributed by atoms with Gasteiger partial charge in [-0.1, -0.05) is 12.1 Å². The predicted molar refractivity (Wildman–Crippen MR) is 83.4 cm³/mol.